The van der Waals surface area contributed by atoms with E-state index in [9.17, 15) is 0 Å². The minimum Gasteiger partial charge on any atom is -0.379 e. The summed E-state index contributed by atoms with van der Waals surface area (Å²) in [7, 11) is 0. The second-order valence-electron chi connectivity index (χ2n) is 6.44. The maximum Gasteiger partial charge on any atom is 0.191 e. The Labute approximate surface area is 144 Å². The van der Waals surface area contributed by atoms with Crippen molar-refractivity contribution < 1.29 is 4.74 Å². The number of hydrogen-bond acceptors (Lipinski definition) is 3. The molecule has 0 saturated carbocycles. The molecule has 0 rings (SSSR count). The molecule has 0 saturated heterocycles. The van der Waals surface area contributed by atoms with Gasteiger partial charge in [-0.15, -0.1) is 0 Å². The van der Waals surface area contributed by atoms with Crippen LogP contribution in [-0.4, -0.2) is 62.8 Å². The molecule has 138 valence electrons. The lowest BCUT2D eigenvalue weighted by atomic mass is 10.2. The summed E-state index contributed by atoms with van der Waals surface area (Å²) in [5.74, 6) is 1.48. The van der Waals surface area contributed by atoms with Crippen LogP contribution in [0.2, 0.25) is 0 Å². The fourth-order valence-corrected chi connectivity index (χ4v) is 2.33. The highest BCUT2D eigenvalue weighted by molar-refractivity contribution is 5.80. The van der Waals surface area contributed by atoms with Gasteiger partial charge in [-0.25, -0.2) is 0 Å². The summed E-state index contributed by atoms with van der Waals surface area (Å²) in [4.78, 5) is 7.06. The molecule has 0 bridgehead atoms. The maximum absolute atomic E-state index is 5.58. The van der Waals surface area contributed by atoms with Gasteiger partial charge < -0.3 is 20.3 Å². The van der Waals surface area contributed by atoms with Crippen molar-refractivity contribution >= 4 is 5.96 Å². The van der Waals surface area contributed by atoms with E-state index in [1.54, 1.807) is 0 Å². The molecule has 5 heteroatoms. The second-order valence-corrected chi connectivity index (χ2v) is 6.44. The molecule has 1 unspecified atom stereocenters. The first-order valence-electron chi connectivity index (χ1n) is 9.38. The Morgan fingerprint density at radius 2 is 1.83 bits per heavy atom. The van der Waals surface area contributed by atoms with Crippen LogP contribution in [0.5, 0.6) is 0 Å². The smallest absolute Gasteiger partial charge is 0.191 e. The van der Waals surface area contributed by atoms with Crippen LogP contribution in [-0.2, 0) is 4.74 Å². The minimum absolute atomic E-state index is 0.431. The van der Waals surface area contributed by atoms with Gasteiger partial charge in [0.2, 0.25) is 0 Å². The summed E-state index contributed by atoms with van der Waals surface area (Å²) in [6, 6.07) is 0.431. The third-order valence-electron chi connectivity index (χ3n) is 3.69. The quantitative estimate of drug-likeness (QED) is 0.310. The molecular weight excluding hydrogens is 288 g/mol. The number of nitrogens with zero attached hydrogens (tertiary/aromatic N) is 2. The summed E-state index contributed by atoms with van der Waals surface area (Å²) < 4.78 is 5.58. The average Bonchev–Trinajstić information content (AvgIpc) is 2.51. The molecule has 0 aliphatic rings. The molecule has 0 aliphatic carbocycles. The van der Waals surface area contributed by atoms with Gasteiger partial charge in [-0.3, -0.25) is 4.99 Å². The summed E-state index contributed by atoms with van der Waals surface area (Å²) >= 11 is 0. The zero-order valence-corrected chi connectivity index (χ0v) is 16.3. The highest BCUT2D eigenvalue weighted by atomic mass is 16.5. The molecule has 0 aromatic heterocycles. The Morgan fingerprint density at radius 3 is 2.39 bits per heavy atom. The molecule has 0 aromatic carbocycles. The van der Waals surface area contributed by atoms with Crippen molar-refractivity contribution in [1.82, 2.24) is 15.5 Å². The van der Waals surface area contributed by atoms with Crippen molar-refractivity contribution in [1.29, 1.82) is 0 Å². The number of aliphatic imine (C=N–C) groups is 1. The van der Waals surface area contributed by atoms with Crippen LogP contribution < -0.4 is 10.6 Å². The van der Waals surface area contributed by atoms with Crippen LogP contribution in [0.3, 0.4) is 0 Å². The van der Waals surface area contributed by atoms with Crippen LogP contribution >= 0.6 is 0 Å². The Hall–Kier alpha value is -0.810. The third-order valence-corrected chi connectivity index (χ3v) is 3.69. The van der Waals surface area contributed by atoms with E-state index < -0.39 is 0 Å². The lowest BCUT2D eigenvalue weighted by Gasteiger charge is -2.21. The van der Waals surface area contributed by atoms with Gasteiger partial charge in [-0.1, -0.05) is 27.7 Å². The van der Waals surface area contributed by atoms with E-state index in [1.807, 2.05) is 0 Å². The standard InChI is InChI=1S/C18H40N4O/c1-7-19-18(20-12-14-23-15-16(4)5)21-17(6)11-10-13-22(8-2)9-3/h16-17H,7-15H2,1-6H3,(H2,19,20,21). The molecule has 0 heterocycles. The second kappa shape index (κ2) is 14.8. The maximum atomic E-state index is 5.58. The van der Waals surface area contributed by atoms with Crippen molar-refractivity contribution in [2.24, 2.45) is 10.9 Å². The molecule has 5 nitrogen and oxygen atoms in total. The number of guanidine groups is 1. The van der Waals surface area contributed by atoms with Crippen molar-refractivity contribution in [3.05, 3.63) is 0 Å². The third kappa shape index (κ3) is 13.3. The lowest BCUT2D eigenvalue weighted by Crippen LogP contribution is -2.42. The molecule has 0 aromatic rings. The molecule has 0 spiro atoms. The first kappa shape index (κ1) is 22.2. The number of nitrogens with one attached hydrogen (secondary N) is 2. The van der Waals surface area contributed by atoms with E-state index in [2.05, 4.69) is 62.1 Å². The fourth-order valence-electron chi connectivity index (χ4n) is 2.33. The predicted octanol–water partition coefficient (Wildman–Crippen LogP) is 2.72. The normalized spacial score (nSPS) is 13.7. The number of hydrogen-bond donors (Lipinski definition) is 2. The highest BCUT2D eigenvalue weighted by Gasteiger charge is 2.06. The van der Waals surface area contributed by atoms with E-state index in [0.717, 1.165) is 38.6 Å². The van der Waals surface area contributed by atoms with E-state index in [4.69, 9.17) is 4.74 Å². The largest absolute Gasteiger partial charge is 0.379 e. The molecule has 0 radical (unpaired) electrons. The number of rotatable bonds is 13. The van der Waals surface area contributed by atoms with Gasteiger partial charge in [-0.05, 0) is 52.2 Å². The van der Waals surface area contributed by atoms with Crippen LogP contribution in [0, 0.1) is 5.92 Å². The van der Waals surface area contributed by atoms with Gasteiger partial charge in [0.1, 0.15) is 0 Å². The Morgan fingerprint density at radius 1 is 1.13 bits per heavy atom. The fraction of sp³-hybridized carbons (Fsp3) is 0.944. The Balaban J connectivity index is 4.03. The molecule has 2 N–H and O–H groups in total. The lowest BCUT2D eigenvalue weighted by molar-refractivity contribution is 0.117. The van der Waals surface area contributed by atoms with Crippen molar-refractivity contribution in [3.8, 4) is 0 Å². The Kier molecular flexibility index (Phi) is 14.2. The average molecular weight is 329 g/mol. The SMILES string of the molecule is CCNC(=NCCOCC(C)C)NC(C)CCCN(CC)CC. The molecule has 1 atom stereocenters. The number of ether oxygens (including phenoxy) is 1. The summed E-state index contributed by atoms with van der Waals surface area (Å²) in [5, 5.41) is 6.80. The van der Waals surface area contributed by atoms with E-state index in [1.165, 1.54) is 13.0 Å². The van der Waals surface area contributed by atoms with Gasteiger partial charge in [0.25, 0.3) is 0 Å². The van der Waals surface area contributed by atoms with Crippen LogP contribution in [0.15, 0.2) is 4.99 Å². The minimum atomic E-state index is 0.431. The molecule has 0 aliphatic heterocycles. The topological polar surface area (TPSA) is 48.9 Å². The molecule has 23 heavy (non-hydrogen) atoms. The first-order chi connectivity index (χ1) is 11.0. The summed E-state index contributed by atoms with van der Waals surface area (Å²) in [5.41, 5.74) is 0. The van der Waals surface area contributed by atoms with Gasteiger partial charge in [0.15, 0.2) is 5.96 Å². The molecule has 0 fully saturated rings. The van der Waals surface area contributed by atoms with Gasteiger partial charge in [0, 0.05) is 19.2 Å². The monoisotopic (exact) mass is 328 g/mol. The molecule has 0 amide bonds. The summed E-state index contributed by atoms with van der Waals surface area (Å²) in [6.45, 7) is 19.6. The van der Waals surface area contributed by atoms with Gasteiger partial charge in [0.05, 0.1) is 13.2 Å². The van der Waals surface area contributed by atoms with Gasteiger partial charge in [-0.2, -0.15) is 0 Å². The van der Waals surface area contributed by atoms with E-state index in [0.29, 0.717) is 25.1 Å². The van der Waals surface area contributed by atoms with E-state index >= 15 is 0 Å². The van der Waals surface area contributed by atoms with Crippen LogP contribution in [0.1, 0.15) is 54.4 Å². The zero-order valence-electron chi connectivity index (χ0n) is 16.3. The van der Waals surface area contributed by atoms with Gasteiger partial charge >= 0.3 is 0 Å². The first-order valence-corrected chi connectivity index (χ1v) is 9.38. The van der Waals surface area contributed by atoms with E-state index in [-0.39, 0.29) is 0 Å². The van der Waals surface area contributed by atoms with Crippen LogP contribution in [0.4, 0.5) is 0 Å². The molecular formula is C18H40N4O. The predicted molar refractivity (Wildman–Crippen MR) is 101 cm³/mol. The van der Waals surface area contributed by atoms with Crippen LogP contribution in [0.25, 0.3) is 0 Å². The van der Waals surface area contributed by atoms with Crippen molar-refractivity contribution in [2.75, 3.05) is 45.9 Å². The Bertz CT molecular complexity index is 291. The zero-order chi connectivity index (χ0) is 17.5. The summed E-state index contributed by atoms with van der Waals surface area (Å²) in [6.07, 6.45) is 2.37. The van der Waals surface area contributed by atoms with Crippen molar-refractivity contribution in [3.63, 3.8) is 0 Å². The van der Waals surface area contributed by atoms with Crippen molar-refractivity contribution in [2.45, 2.75) is 60.4 Å². The highest BCUT2D eigenvalue weighted by Crippen LogP contribution is 1.99.